The van der Waals surface area contributed by atoms with Crippen molar-refractivity contribution in [3.05, 3.63) is 216 Å². The minimum atomic E-state index is -1.75. The number of aliphatic hydroxyl groups excluding tert-OH is 4. The second-order valence-electron chi connectivity index (χ2n) is 21.5. The fourth-order valence-corrected chi connectivity index (χ4v) is 11.4. The fraction of sp³-hybridized carbons (Fsp3) is 0.412. The van der Waals surface area contributed by atoms with Gasteiger partial charge in [0.15, 0.2) is 0 Å². The number of hydrogen-bond acceptors (Lipinski definition) is 20. The first-order valence-corrected chi connectivity index (χ1v) is 32.3. The van der Waals surface area contributed by atoms with Crippen LogP contribution in [0.1, 0.15) is 135 Å². The zero-order valence-corrected chi connectivity index (χ0v) is 64.7. The van der Waals surface area contributed by atoms with Gasteiger partial charge in [-0.3, -0.25) is 29.8 Å². The van der Waals surface area contributed by atoms with Gasteiger partial charge >= 0.3 is 39.0 Å². The zero-order chi connectivity index (χ0) is 69.5. The van der Waals surface area contributed by atoms with Crippen LogP contribution in [0.5, 0.6) is 23.0 Å². The molecule has 0 spiro atoms. The van der Waals surface area contributed by atoms with Gasteiger partial charge in [-0.05, 0) is 148 Å². The molecule has 8 bridgehead atoms. The third-order valence-corrected chi connectivity index (χ3v) is 15.3. The second kappa shape index (κ2) is 52.7. The van der Waals surface area contributed by atoms with Crippen LogP contribution < -0.4 is 10.2 Å². The SMILES string of the molecule is CCO.CCO.CCO.CCO.O=[N+]([O-])[O-].O=[N+]([O-])[O-].[O-]c1c2cc(Cl)cc1CN(CCc1ccccc1)Cc1cc(Cl)cc(c1O)C=N[C@H]1CCCC[C@@H]1N=Cc1cc(Cl)cc(c1[O-])CN(CCc1ccccc1)Cc1cc(Cl)cc(c1O)C=N[C@H]1CCCC[C@@H]1N=C2.[OH3+].[OH3+].[Zn+2].[Zn+2]. The van der Waals surface area contributed by atoms with Crippen LogP contribution in [-0.4, -0.2) is 139 Å². The number of aliphatic imine (C=N–C) groups is 4. The van der Waals surface area contributed by atoms with Gasteiger partial charge in [0.1, 0.15) is 11.5 Å². The summed E-state index contributed by atoms with van der Waals surface area (Å²) in [5.74, 6) is -0.255. The Labute approximate surface area is 618 Å². The molecule has 0 amide bonds. The first-order valence-electron chi connectivity index (χ1n) is 30.8. The summed E-state index contributed by atoms with van der Waals surface area (Å²) >= 11 is 27.2. The van der Waals surface area contributed by atoms with Gasteiger partial charge in [-0.2, -0.15) is 0 Å². The quantitative estimate of drug-likeness (QED) is 0.0391. The predicted molar refractivity (Wildman–Crippen MR) is 381 cm³/mol. The van der Waals surface area contributed by atoms with Crippen LogP contribution in [0.25, 0.3) is 0 Å². The molecule has 98 heavy (non-hydrogen) atoms. The number of nitrogens with zero attached hydrogens (tertiary/aromatic N) is 8. The number of fused-ring (bicyclic) bond motifs is 10. The van der Waals surface area contributed by atoms with E-state index in [1.165, 1.54) is 0 Å². The molecule has 0 unspecified atom stereocenters. The Morgan fingerprint density at radius 1 is 0.429 bits per heavy atom. The molecule has 3 aliphatic rings. The molecule has 1 heterocycles. The molecule has 0 saturated heterocycles. The zero-order valence-electron chi connectivity index (χ0n) is 55.8. The minimum Gasteiger partial charge on any atom is -0.872 e. The Balaban J connectivity index is 0. The van der Waals surface area contributed by atoms with Crippen LogP contribution >= 0.6 is 46.4 Å². The topological polar surface area (TPSA) is 422 Å². The molecular weight excluding hydrogens is 1460 g/mol. The fourth-order valence-electron chi connectivity index (χ4n) is 10.4. The van der Waals surface area contributed by atoms with E-state index in [4.69, 9.17) is 117 Å². The van der Waals surface area contributed by atoms with Crippen molar-refractivity contribution < 1.29 is 101 Å². The van der Waals surface area contributed by atoms with Gasteiger partial charge in [-0.25, -0.2) is 0 Å². The maximum atomic E-state index is 14.4. The normalized spacial score (nSPS) is 16.4. The number of phenols is 2. The summed E-state index contributed by atoms with van der Waals surface area (Å²) in [6, 6.07) is 33.0. The smallest absolute Gasteiger partial charge is 0.872 e. The minimum absolute atomic E-state index is 0. The number of aliphatic hydroxyl groups is 4. The van der Waals surface area contributed by atoms with Gasteiger partial charge in [-0.1, -0.05) is 144 Å². The first-order chi connectivity index (χ1) is 45.0. The van der Waals surface area contributed by atoms with Crippen molar-refractivity contribution >= 4 is 71.3 Å². The van der Waals surface area contributed by atoms with Crippen molar-refractivity contribution in [1.29, 1.82) is 0 Å². The first kappa shape index (κ1) is 93.7. The molecule has 2 aliphatic carbocycles. The van der Waals surface area contributed by atoms with E-state index in [-0.39, 0.29) is 150 Å². The number of phenolic OH excluding ortho intramolecular Hbond substituents is 2. The number of hydrogen-bond donors (Lipinski definition) is 6. The molecule has 0 radical (unpaired) electrons. The molecule has 528 valence electrons. The van der Waals surface area contributed by atoms with E-state index in [9.17, 15) is 20.4 Å². The number of rotatable bonds is 6. The van der Waals surface area contributed by atoms with Crippen LogP contribution in [0.15, 0.2) is 129 Å². The Kier molecular flexibility index (Phi) is 50.4. The summed E-state index contributed by atoms with van der Waals surface area (Å²) < 4.78 is 0. The second-order valence-corrected chi connectivity index (χ2v) is 23.3. The van der Waals surface area contributed by atoms with E-state index < -0.39 is 10.2 Å². The summed E-state index contributed by atoms with van der Waals surface area (Å²) in [6.07, 6.45) is 14.9. The van der Waals surface area contributed by atoms with Gasteiger partial charge in [0.25, 0.3) is 0 Å². The molecule has 4 atom stereocenters. The molecular formula is C68H90Cl4N8O16Zn2+2. The summed E-state index contributed by atoms with van der Waals surface area (Å²) in [5, 5.41) is 114. The molecule has 1 aliphatic heterocycles. The van der Waals surface area contributed by atoms with Gasteiger partial charge in [-0.15, -0.1) is 0 Å². The monoisotopic (exact) mass is 1540 g/mol. The van der Waals surface area contributed by atoms with Gasteiger partial charge in [0.05, 0.1) is 34.3 Å². The molecule has 12 N–H and O–H groups in total. The maximum Gasteiger partial charge on any atom is 2.00 e. The number of aromatic hydroxyl groups is 2. The van der Waals surface area contributed by atoms with Crippen LogP contribution in [0.4, 0.5) is 0 Å². The predicted octanol–water partition coefficient (Wildman–Crippen LogP) is 10.0. The average Bonchev–Trinajstić information content (AvgIpc) is 0.830. The molecule has 2 fully saturated rings. The van der Waals surface area contributed by atoms with Gasteiger partial charge in [0, 0.05) is 133 Å². The van der Waals surface area contributed by atoms with E-state index in [1.807, 2.05) is 36.4 Å². The van der Waals surface area contributed by atoms with Crippen LogP contribution in [0.3, 0.4) is 0 Å². The molecule has 6 aromatic carbocycles. The average molecular weight is 1550 g/mol. The third-order valence-electron chi connectivity index (χ3n) is 14.4. The van der Waals surface area contributed by atoms with Crippen LogP contribution in [0.2, 0.25) is 20.1 Å². The Morgan fingerprint density at radius 2 is 0.653 bits per heavy atom. The van der Waals surface area contributed by atoms with Crippen molar-refractivity contribution in [2.45, 2.75) is 142 Å². The number of benzene rings is 6. The van der Waals surface area contributed by atoms with Crippen molar-refractivity contribution in [2.24, 2.45) is 20.0 Å². The van der Waals surface area contributed by atoms with Crippen LogP contribution in [-0.2, 0) is 88.9 Å². The molecule has 0 aromatic heterocycles. The summed E-state index contributed by atoms with van der Waals surface area (Å²) in [7, 11) is 0. The van der Waals surface area contributed by atoms with E-state index in [2.05, 4.69) is 34.1 Å². The molecule has 30 heteroatoms. The Morgan fingerprint density at radius 3 is 0.918 bits per heavy atom. The van der Waals surface area contributed by atoms with Crippen molar-refractivity contribution in [3.8, 4) is 23.0 Å². The maximum absolute atomic E-state index is 14.4. The van der Waals surface area contributed by atoms with Crippen molar-refractivity contribution in [3.63, 3.8) is 0 Å². The van der Waals surface area contributed by atoms with Crippen molar-refractivity contribution in [2.75, 3.05) is 39.5 Å². The molecule has 24 nitrogen and oxygen atoms in total. The van der Waals surface area contributed by atoms with E-state index >= 15 is 0 Å². The third kappa shape index (κ3) is 35.1. The standard InChI is InChI=1S/C60H62Cl4N6O4.4C2H6O.2NO3.2H2O.2Zn/c61-49-23-41-31-65-53-15-7-9-17-55(53)67-33-43-25-51(63)29-47(59(43)73)37-70(22-20-40-13-5-2-6-14-40)38-48-30-52(64)26-44(60(48)74)34-68-56-18-10-8-16-54(56)66-32-42-24-50(62)28-46(58(42)72)36-69(35-45(27-49)57(41)71)21-19-39-11-3-1-4-12-39;4*1-2-3;2*2-1(3)4;;;;/h1-6,11-14,23-34,53-56,71-74H,7-10,15-22,35-38H2;4*3H,2H2,1H3;;;2*1H2;;/q;;;;;2*-1;;;2*+2/t53-,54-,55-,56-;;;;;;;;;;/m0........../s1. The van der Waals surface area contributed by atoms with Crippen LogP contribution in [0, 0.1) is 30.6 Å². The number of halogens is 4. The summed E-state index contributed by atoms with van der Waals surface area (Å²) in [5.41, 5.74) is 6.15. The van der Waals surface area contributed by atoms with E-state index in [0.717, 1.165) is 62.5 Å². The molecule has 2 saturated carbocycles. The van der Waals surface area contributed by atoms with Crippen molar-refractivity contribution in [1.82, 2.24) is 9.80 Å². The molecule has 9 rings (SSSR count). The van der Waals surface area contributed by atoms with E-state index in [0.29, 0.717) is 90.5 Å². The summed E-state index contributed by atoms with van der Waals surface area (Å²) in [4.78, 5) is 40.8. The summed E-state index contributed by atoms with van der Waals surface area (Å²) in [6.45, 7) is 9.90. The Hall–Kier alpha value is -6.31. The van der Waals surface area contributed by atoms with Gasteiger partial charge < -0.3 is 82.4 Å². The van der Waals surface area contributed by atoms with Gasteiger partial charge in [0.2, 0.25) is 0 Å². The Bertz CT molecular complexity index is 2980. The van der Waals surface area contributed by atoms with E-state index in [1.54, 1.807) is 101 Å². The molecule has 6 aromatic rings. The largest absolute Gasteiger partial charge is 2.00 e.